The SMILES string of the molecule is O=C(OCCN(CCOC(=O)c1ccc(O)cc1)CCOC(=O)c1ccc(O)cc1)c1ccc(O)cc1. The fourth-order valence-corrected chi connectivity index (χ4v) is 3.18. The van der Waals surface area contributed by atoms with Gasteiger partial charge in [0.15, 0.2) is 0 Å². The maximum Gasteiger partial charge on any atom is 0.338 e. The van der Waals surface area contributed by atoms with Crippen LogP contribution in [0.2, 0.25) is 0 Å². The number of hydrogen-bond donors (Lipinski definition) is 3. The number of rotatable bonds is 12. The molecular formula is C27H27NO9. The Labute approximate surface area is 213 Å². The zero-order chi connectivity index (χ0) is 26.6. The van der Waals surface area contributed by atoms with Crippen LogP contribution in [0.1, 0.15) is 31.1 Å². The van der Waals surface area contributed by atoms with Gasteiger partial charge in [-0.2, -0.15) is 0 Å². The molecule has 3 aromatic rings. The molecule has 0 radical (unpaired) electrons. The van der Waals surface area contributed by atoms with Crippen LogP contribution in [0.15, 0.2) is 72.8 Å². The van der Waals surface area contributed by atoms with Crippen LogP contribution in [-0.2, 0) is 14.2 Å². The minimum Gasteiger partial charge on any atom is -0.508 e. The number of benzene rings is 3. The fourth-order valence-electron chi connectivity index (χ4n) is 3.18. The van der Waals surface area contributed by atoms with Crippen LogP contribution in [0, 0.1) is 0 Å². The van der Waals surface area contributed by atoms with Crippen molar-refractivity contribution in [1.29, 1.82) is 0 Å². The van der Waals surface area contributed by atoms with E-state index >= 15 is 0 Å². The lowest BCUT2D eigenvalue weighted by Gasteiger charge is -2.22. The van der Waals surface area contributed by atoms with Crippen molar-refractivity contribution in [1.82, 2.24) is 4.90 Å². The number of phenols is 3. The number of phenolic OH excluding ortho intramolecular Hbond substituents is 3. The highest BCUT2D eigenvalue weighted by Crippen LogP contribution is 2.12. The largest absolute Gasteiger partial charge is 0.508 e. The Morgan fingerprint density at radius 3 is 0.973 bits per heavy atom. The van der Waals surface area contributed by atoms with Crippen molar-refractivity contribution in [2.75, 3.05) is 39.5 Å². The lowest BCUT2D eigenvalue weighted by molar-refractivity contribution is 0.0331. The van der Waals surface area contributed by atoms with E-state index in [1.807, 2.05) is 0 Å². The Kier molecular flexibility index (Phi) is 9.86. The molecule has 194 valence electrons. The van der Waals surface area contributed by atoms with Crippen LogP contribution < -0.4 is 0 Å². The Morgan fingerprint density at radius 2 is 0.730 bits per heavy atom. The van der Waals surface area contributed by atoms with E-state index in [2.05, 4.69) is 0 Å². The number of esters is 3. The van der Waals surface area contributed by atoms with E-state index in [1.165, 1.54) is 72.8 Å². The summed E-state index contributed by atoms with van der Waals surface area (Å²) in [5.74, 6) is -1.57. The van der Waals surface area contributed by atoms with Gasteiger partial charge in [-0.05, 0) is 72.8 Å². The summed E-state index contributed by atoms with van der Waals surface area (Å²) < 4.78 is 15.9. The van der Waals surface area contributed by atoms with Gasteiger partial charge in [0.1, 0.15) is 37.1 Å². The van der Waals surface area contributed by atoms with Crippen molar-refractivity contribution in [2.45, 2.75) is 0 Å². The molecule has 0 spiro atoms. The zero-order valence-corrected chi connectivity index (χ0v) is 19.9. The first-order chi connectivity index (χ1) is 17.8. The summed E-state index contributed by atoms with van der Waals surface area (Å²) in [6.45, 7) is 0.901. The summed E-state index contributed by atoms with van der Waals surface area (Å²) in [6, 6.07) is 17.0. The van der Waals surface area contributed by atoms with Gasteiger partial charge in [0.25, 0.3) is 0 Å². The molecule has 0 aliphatic rings. The third-order valence-electron chi connectivity index (χ3n) is 5.23. The van der Waals surface area contributed by atoms with Crippen LogP contribution in [0.3, 0.4) is 0 Å². The predicted octanol–water partition coefficient (Wildman–Crippen LogP) is 2.98. The monoisotopic (exact) mass is 509 g/mol. The summed E-state index contributed by atoms with van der Waals surface area (Å²) in [5, 5.41) is 28.0. The molecule has 3 aromatic carbocycles. The standard InChI is InChI=1S/C27H27NO9/c29-22-7-1-19(2-8-22)25(32)35-16-13-28(14-17-36-26(33)20-3-9-23(30)10-4-20)15-18-37-27(34)21-5-11-24(31)12-6-21/h1-12,29-31H,13-18H2. The van der Waals surface area contributed by atoms with E-state index in [-0.39, 0.29) is 73.4 Å². The third-order valence-corrected chi connectivity index (χ3v) is 5.23. The Morgan fingerprint density at radius 1 is 0.486 bits per heavy atom. The number of aromatic hydroxyl groups is 3. The molecule has 0 aliphatic carbocycles. The number of nitrogens with zero attached hydrogens (tertiary/aromatic N) is 1. The van der Waals surface area contributed by atoms with Crippen molar-refractivity contribution >= 4 is 17.9 Å². The van der Waals surface area contributed by atoms with Gasteiger partial charge in [0.05, 0.1) is 16.7 Å². The first-order valence-corrected chi connectivity index (χ1v) is 11.4. The van der Waals surface area contributed by atoms with E-state index in [9.17, 15) is 29.7 Å². The van der Waals surface area contributed by atoms with Crippen LogP contribution in [0.4, 0.5) is 0 Å². The average molecular weight is 510 g/mol. The van der Waals surface area contributed by atoms with Gasteiger partial charge < -0.3 is 29.5 Å². The van der Waals surface area contributed by atoms with Crippen molar-refractivity contribution < 1.29 is 43.9 Å². The van der Waals surface area contributed by atoms with Crippen LogP contribution >= 0.6 is 0 Å². The summed E-state index contributed by atoms with van der Waals surface area (Å²) in [4.78, 5) is 38.4. The molecule has 37 heavy (non-hydrogen) atoms. The lowest BCUT2D eigenvalue weighted by Crippen LogP contribution is -2.35. The zero-order valence-electron chi connectivity index (χ0n) is 19.9. The second kappa shape index (κ2) is 13.5. The minimum atomic E-state index is -0.558. The Bertz CT molecular complexity index is 1030. The van der Waals surface area contributed by atoms with Gasteiger partial charge in [0.2, 0.25) is 0 Å². The third kappa shape index (κ3) is 8.86. The first kappa shape index (κ1) is 27.0. The molecule has 0 heterocycles. The lowest BCUT2D eigenvalue weighted by atomic mass is 10.2. The van der Waals surface area contributed by atoms with Crippen LogP contribution in [0.25, 0.3) is 0 Å². The topological polar surface area (TPSA) is 143 Å². The van der Waals surface area contributed by atoms with Crippen LogP contribution in [0.5, 0.6) is 17.2 Å². The molecule has 0 bridgehead atoms. The number of ether oxygens (including phenoxy) is 3. The highest BCUT2D eigenvalue weighted by molar-refractivity contribution is 5.90. The van der Waals surface area contributed by atoms with Crippen molar-refractivity contribution in [3.8, 4) is 17.2 Å². The number of carbonyl (C=O) groups excluding carboxylic acids is 3. The number of carbonyl (C=O) groups is 3. The van der Waals surface area contributed by atoms with Crippen molar-refractivity contribution in [3.05, 3.63) is 89.5 Å². The van der Waals surface area contributed by atoms with Crippen molar-refractivity contribution in [3.63, 3.8) is 0 Å². The second-order valence-electron chi connectivity index (χ2n) is 7.89. The summed E-state index contributed by atoms with van der Waals surface area (Å²) >= 11 is 0. The Hall–Kier alpha value is -4.57. The smallest absolute Gasteiger partial charge is 0.338 e. The molecule has 10 nitrogen and oxygen atoms in total. The molecule has 0 atom stereocenters. The molecular weight excluding hydrogens is 482 g/mol. The highest BCUT2D eigenvalue weighted by atomic mass is 16.5. The number of hydrogen-bond acceptors (Lipinski definition) is 10. The normalized spacial score (nSPS) is 10.6. The quantitative estimate of drug-likeness (QED) is 0.246. The maximum absolute atomic E-state index is 12.2. The van der Waals surface area contributed by atoms with E-state index in [4.69, 9.17) is 14.2 Å². The molecule has 3 rings (SSSR count). The molecule has 0 saturated carbocycles. The van der Waals surface area contributed by atoms with Crippen LogP contribution in [-0.4, -0.2) is 77.6 Å². The fraction of sp³-hybridized carbons (Fsp3) is 0.222. The highest BCUT2D eigenvalue weighted by Gasteiger charge is 2.13. The van der Waals surface area contributed by atoms with Gasteiger partial charge in [-0.25, -0.2) is 14.4 Å². The van der Waals surface area contributed by atoms with Gasteiger partial charge >= 0.3 is 17.9 Å². The molecule has 0 unspecified atom stereocenters. The summed E-state index contributed by atoms with van der Waals surface area (Å²) in [7, 11) is 0. The molecule has 0 fully saturated rings. The van der Waals surface area contributed by atoms with E-state index < -0.39 is 17.9 Å². The van der Waals surface area contributed by atoms with Gasteiger partial charge in [0, 0.05) is 19.6 Å². The molecule has 10 heteroatoms. The van der Waals surface area contributed by atoms with Crippen molar-refractivity contribution in [2.24, 2.45) is 0 Å². The predicted molar refractivity (Wildman–Crippen MR) is 132 cm³/mol. The van der Waals surface area contributed by atoms with E-state index in [1.54, 1.807) is 4.90 Å². The molecule has 0 amide bonds. The first-order valence-electron chi connectivity index (χ1n) is 11.4. The molecule has 0 aromatic heterocycles. The molecule has 0 saturated heterocycles. The average Bonchev–Trinajstić information content (AvgIpc) is 2.89. The van der Waals surface area contributed by atoms with Gasteiger partial charge in [-0.15, -0.1) is 0 Å². The second-order valence-corrected chi connectivity index (χ2v) is 7.89. The minimum absolute atomic E-state index is 0.0253. The van der Waals surface area contributed by atoms with Gasteiger partial charge in [-0.1, -0.05) is 0 Å². The molecule has 0 aliphatic heterocycles. The Balaban J connectivity index is 1.50. The molecule has 3 N–H and O–H groups in total. The summed E-state index contributed by atoms with van der Waals surface area (Å²) in [6.07, 6.45) is 0. The van der Waals surface area contributed by atoms with E-state index in [0.29, 0.717) is 0 Å². The van der Waals surface area contributed by atoms with Gasteiger partial charge in [-0.3, -0.25) is 4.90 Å². The summed E-state index contributed by atoms with van der Waals surface area (Å²) in [5.41, 5.74) is 0.861. The maximum atomic E-state index is 12.2. The van der Waals surface area contributed by atoms with E-state index in [0.717, 1.165) is 0 Å².